The minimum Gasteiger partial charge on any atom is -0.228 e. The van der Waals surface area contributed by atoms with Gasteiger partial charge in [-0.05, 0) is 12.1 Å². The highest BCUT2D eigenvalue weighted by Crippen LogP contribution is 2.39. The van der Waals surface area contributed by atoms with Crippen LogP contribution in [0.25, 0.3) is 0 Å². The van der Waals surface area contributed by atoms with Crippen LogP contribution in [0.4, 0.5) is 0 Å². The molecule has 1 aromatic rings. The van der Waals surface area contributed by atoms with Crippen molar-refractivity contribution in [1.29, 1.82) is 0 Å². The van der Waals surface area contributed by atoms with Gasteiger partial charge < -0.3 is 0 Å². The fourth-order valence-corrected chi connectivity index (χ4v) is 1.60. The maximum atomic E-state index is 10.3. The Kier molecular flexibility index (Phi) is 3.77. The van der Waals surface area contributed by atoms with Crippen molar-refractivity contribution in [2.45, 2.75) is 0 Å². The van der Waals surface area contributed by atoms with Gasteiger partial charge in [-0.1, -0.05) is 34.8 Å². The first-order chi connectivity index (χ1) is 6.02. The molecule has 0 heterocycles. The van der Waals surface area contributed by atoms with E-state index in [-0.39, 0.29) is 20.8 Å². The molecule has 0 aliphatic carbocycles. The lowest BCUT2D eigenvalue weighted by Gasteiger charge is -1.99. The molecule has 1 rings (SSSR count). The summed E-state index contributed by atoms with van der Waals surface area (Å²) in [7, 11) is -2.75. The second-order valence-electron chi connectivity index (χ2n) is 2.00. The number of benzene rings is 1. The second kappa shape index (κ2) is 4.45. The van der Waals surface area contributed by atoms with Crippen LogP contribution in [0.1, 0.15) is 0 Å². The minimum absolute atomic E-state index is 0.0200. The molecule has 0 radical (unpaired) electrons. The highest BCUT2D eigenvalue weighted by Gasteiger charge is 2.19. The predicted octanol–water partition coefficient (Wildman–Crippen LogP) is 3.68. The molecule has 0 spiro atoms. The zero-order valence-corrected chi connectivity index (χ0v) is 9.16. The number of hydrogen-bond donors (Lipinski definition) is 1. The quantitative estimate of drug-likeness (QED) is 0.652. The Morgan fingerprint density at radius 1 is 1.23 bits per heavy atom. The first-order valence-electron chi connectivity index (χ1n) is 3.00. The maximum absolute atomic E-state index is 10.3. The summed E-state index contributed by atoms with van der Waals surface area (Å²) in [4.78, 5) is 8.44. The molecular formula is C6H3Cl3O3P+. The van der Waals surface area contributed by atoms with Gasteiger partial charge in [-0.25, -0.2) is 4.52 Å². The molecule has 0 aliphatic rings. The molecule has 0 bridgehead atoms. The van der Waals surface area contributed by atoms with E-state index in [1.807, 2.05) is 0 Å². The Labute approximate surface area is 90.1 Å². The van der Waals surface area contributed by atoms with Crippen LogP contribution in [0.2, 0.25) is 15.1 Å². The van der Waals surface area contributed by atoms with Crippen molar-refractivity contribution in [3.63, 3.8) is 0 Å². The lowest BCUT2D eigenvalue weighted by atomic mass is 10.3. The zero-order chi connectivity index (χ0) is 10.0. The highest BCUT2D eigenvalue weighted by molar-refractivity contribution is 7.32. The SMILES string of the molecule is O=[P+](O)Oc1ccc(Cl)c(Cl)c1Cl. The summed E-state index contributed by atoms with van der Waals surface area (Å²) in [6, 6.07) is 2.78. The van der Waals surface area contributed by atoms with Crippen molar-refractivity contribution in [1.82, 2.24) is 0 Å². The van der Waals surface area contributed by atoms with E-state index in [0.29, 0.717) is 0 Å². The van der Waals surface area contributed by atoms with Crippen molar-refractivity contribution in [2.24, 2.45) is 0 Å². The van der Waals surface area contributed by atoms with E-state index in [0.717, 1.165) is 0 Å². The molecule has 13 heavy (non-hydrogen) atoms. The molecular weight excluding hydrogens is 257 g/mol. The second-order valence-corrected chi connectivity index (χ2v) is 3.82. The molecule has 0 aliphatic heterocycles. The van der Waals surface area contributed by atoms with E-state index >= 15 is 0 Å². The molecule has 1 atom stereocenters. The van der Waals surface area contributed by atoms with Crippen molar-refractivity contribution in [3.05, 3.63) is 27.2 Å². The normalized spacial score (nSPS) is 11.2. The largest absolute Gasteiger partial charge is 0.747 e. The Bertz CT molecular complexity index is 355. The fourth-order valence-electron chi connectivity index (χ4n) is 0.663. The van der Waals surface area contributed by atoms with Gasteiger partial charge in [0.1, 0.15) is 5.02 Å². The third kappa shape index (κ3) is 2.70. The van der Waals surface area contributed by atoms with Gasteiger partial charge in [0.2, 0.25) is 5.75 Å². The van der Waals surface area contributed by atoms with E-state index < -0.39 is 8.25 Å². The van der Waals surface area contributed by atoms with Crippen molar-refractivity contribution in [3.8, 4) is 5.75 Å². The molecule has 0 amide bonds. The topological polar surface area (TPSA) is 46.5 Å². The summed E-state index contributed by atoms with van der Waals surface area (Å²) < 4.78 is 14.8. The summed E-state index contributed by atoms with van der Waals surface area (Å²) >= 11 is 16.9. The Balaban J connectivity index is 3.10. The zero-order valence-electron chi connectivity index (χ0n) is 6.00. The molecule has 0 saturated carbocycles. The van der Waals surface area contributed by atoms with Crippen LogP contribution in [0, 0.1) is 0 Å². The average Bonchev–Trinajstić information content (AvgIpc) is 2.06. The van der Waals surface area contributed by atoms with Gasteiger partial charge in [0, 0.05) is 4.57 Å². The molecule has 0 aromatic heterocycles. The van der Waals surface area contributed by atoms with E-state index in [9.17, 15) is 4.57 Å². The van der Waals surface area contributed by atoms with Gasteiger partial charge in [0.05, 0.1) is 10.0 Å². The van der Waals surface area contributed by atoms with Gasteiger partial charge in [-0.2, -0.15) is 0 Å². The summed E-state index contributed by atoms with van der Waals surface area (Å²) in [6.45, 7) is 0. The summed E-state index contributed by atoms with van der Waals surface area (Å²) in [5, 5.41) is 0.372. The molecule has 0 fully saturated rings. The molecule has 7 heteroatoms. The lowest BCUT2D eigenvalue weighted by Crippen LogP contribution is -1.82. The van der Waals surface area contributed by atoms with E-state index in [4.69, 9.17) is 39.7 Å². The maximum Gasteiger partial charge on any atom is 0.747 e. The lowest BCUT2D eigenvalue weighted by molar-refractivity contribution is 0.410. The minimum atomic E-state index is -2.75. The number of rotatable bonds is 2. The van der Waals surface area contributed by atoms with Gasteiger partial charge >= 0.3 is 8.25 Å². The van der Waals surface area contributed by atoms with Crippen molar-refractivity contribution < 1.29 is 14.0 Å². The Hall–Kier alpha value is -0.0500. The fraction of sp³-hybridized carbons (Fsp3) is 0. The first-order valence-corrected chi connectivity index (χ1v) is 5.26. The van der Waals surface area contributed by atoms with Gasteiger partial charge in [-0.3, -0.25) is 0 Å². The summed E-state index contributed by atoms with van der Waals surface area (Å²) in [6.07, 6.45) is 0. The monoisotopic (exact) mass is 259 g/mol. The van der Waals surface area contributed by atoms with Crippen LogP contribution in [0.15, 0.2) is 12.1 Å². The van der Waals surface area contributed by atoms with Crippen LogP contribution in [-0.2, 0) is 4.57 Å². The molecule has 70 valence electrons. The summed E-state index contributed by atoms with van der Waals surface area (Å²) in [5.74, 6) is 0.0275. The first kappa shape index (κ1) is 11.0. The highest BCUT2D eigenvalue weighted by atomic mass is 35.5. The van der Waals surface area contributed by atoms with Gasteiger partial charge in [0.15, 0.2) is 0 Å². The Morgan fingerprint density at radius 2 is 1.85 bits per heavy atom. The van der Waals surface area contributed by atoms with E-state index in [1.165, 1.54) is 12.1 Å². The molecule has 1 aromatic carbocycles. The van der Waals surface area contributed by atoms with Crippen molar-refractivity contribution in [2.75, 3.05) is 0 Å². The van der Waals surface area contributed by atoms with Crippen LogP contribution in [0.5, 0.6) is 5.75 Å². The van der Waals surface area contributed by atoms with E-state index in [2.05, 4.69) is 4.52 Å². The van der Waals surface area contributed by atoms with E-state index in [1.54, 1.807) is 0 Å². The summed E-state index contributed by atoms with van der Waals surface area (Å²) in [5.41, 5.74) is 0. The van der Waals surface area contributed by atoms with Crippen LogP contribution in [0.3, 0.4) is 0 Å². The van der Waals surface area contributed by atoms with Gasteiger partial charge in [0.25, 0.3) is 0 Å². The molecule has 1 N–H and O–H groups in total. The van der Waals surface area contributed by atoms with Crippen LogP contribution >= 0.6 is 43.1 Å². The third-order valence-electron chi connectivity index (χ3n) is 1.18. The van der Waals surface area contributed by atoms with Crippen molar-refractivity contribution >= 4 is 43.1 Å². The van der Waals surface area contributed by atoms with Crippen LogP contribution in [-0.4, -0.2) is 4.89 Å². The molecule has 0 saturated heterocycles. The standard InChI is InChI=1S/C6H2Cl3O3P/c7-3-1-2-4(12-13(10)11)6(9)5(3)8/h1-2H/p+1. The van der Waals surface area contributed by atoms with Crippen LogP contribution < -0.4 is 4.52 Å². The number of halogens is 3. The van der Waals surface area contributed by atoms with Gasteiger partial charge in [-0.15, -0.1) is 4.89 Å². The Morgan fingerprint density at radius 3 is 2.38 bits per heavy atom. The predicted molar refractivity (Wildman–Crippen MR) is 51.9 cm³/mol. The average molecular weight is 260 g/mol. The number of hydrogen-bond acceptors (Lipinski definition) is 2. The molecule has 3 nitrogen and oxygen atoms in total. The third-order valence-corrected chi connectivity index (χ3v) is 2.81. The molecule has 1 unspecified atom stereocenters. The smallest absolute Gasteiger partial charge is 0.228 e.